The van der Waals surface area contributed by atoms with Crippen molar-refractivity contribution in [1.29, 1.82) is 0 Å². The monoisotopic (exact) mass is 575 g/mol. The van der Waals surface area contributed by atoms with Gasteiger partial charge in [-0.2, -0.15) is 10.2 Å². The number of benzene rings is 2. The molecule has 0 saturated heterocycles. The van der Waals surface area contributed by atoms with E-state index < -0.39 is 52.8 Å². The number of nitrogens with one attached hydrogen (secondary N) is 2. The van der Waals surface area contributed by atoms with Crippen molar-refractivity contribution in [1.82, 2.24) is 10.3 Å². The van der Waals surface area contributed by atoms with Gasteiger partial charge in [-0.3, -0.25) is 4.72 Å². The highest BCUT2D eigenvalue weighted by Gasteiger charge is 2.34. The number of likely N-dealkylation sites (N-methyl/N-ethyl adjacent to an activating group) is 1. The van der Waals surface area contributed by atoms with Crippen molar-refractivity contribution in [2.45, 2.75) is 29.3 Å². The minimum Gasteiger partial charge on any atom is -0.507 e. The molecule has 7 N–H and O–H groups in total. The topological polar surface area (TPSA) is 223 Å². The molecule has 214 valence electrons. The Bertz CT molecular complexity index is 1410. The molecule has 0 amide bonds. The standard InChI is InChI=1S/C25H29N5O9S/c1-26-13-21(24(35)23(34)20(33)14-31)39-25(36)18-12-16(7-10-19(18)32)29-28-15-5-8-17(9-6-15)40(37,38)30-22-4-2-3-11-27-22/h2-12,20-21,23-24,26,31-35H,13-14H2,1H3,(H,27,30)/t20-,21+,23-,24-/m1/s1. The molecule has 0 fully saturated rings. The average Bonchev–Trinajstić information content (AvgIpc) is 2.95. The molecular formula is C25H29N5O9S. The van der Waals surface area contributed by atoms with Gasteiger partial charge in [-0.25, -0.2) is 18.2 Å². The summed E-state index contributed by atoms with van der Waals surface area (Å²) in [4.78, 5) is 16.7. The number of azo groups is 1. The fourth-order valence-corrected chi connectivity index (χ4v) is 4.37. The summed E-state index contributed by atoms with van der Waals surface area (Å²) in [6.07, 6.45) is -5.13. The first-order valence-corrected chi connectivity index (χ1v) is 13.3. The third-order valence-corrected chi connectivity index (χ3v) is 6.88. The van der Waals surface area contributed by atoms with E-state index in [-0.39, 0.29) is 28.5 Å². The lowest BCUT2D eigenvalue weighted by Gasteiger charge is -2.28. The molecule has 0 aliphatic heterocycles. The first-order chi connectivity index (χ1) is 19.1. The predicted molar refractivity (Wildman–Crippen MR) is 142 cm³/mol. The highest BCUT2D eigenvalue weighted by atomic mass is 32.2. The second kappa shape index (κ2) is 13.9. The Morgan fingerprint density at radius 2 is 1.68 bits per heavy atom. The van der Waals surface area contributed by atoms with Crippen LogP contribution in [0.3, 0.4) is 0 Å². The maximum Gasteiger partial charge on any atom is 0.342 e. The molecule has 15 heteroatoms. The predicted octanol–water partition coefficient (Wildman–Crippen LogP) is 0.823. The number of hydrogen-bond donors (Lipinski definition) is 7. The van der Waals surface area contributed by atoms with Crippen LogP contribution in [0.25, 0.3) is 0 Å². The molecule has 2 aromatic carbocycles. The summed E-state index contributed by atoms with van der Waals surface area (Å²) < 4.78 is 32.7. The third-order valence-electron chi connectivity index (χ3n) is 5.51. The molecular weight excluding hydrogens is 546 g/mol. The fraction of sp³-hybridized carbons (Fsp3) is 0.280. The number of rotatable bonds is 13. The number of phenols is 1. The van der Waals surface area contributed by atoms with Crippen molar-refractivity contribution in [2.24, 2.45) is 10.2 Å². The summed E-state index contributed by atoms with van der Waals surface area (Å²) in [6.45, 7) is -0.946. The summed E-state index contributed by atoms with van der Waals surface area (Å²) in [6, 6.07) is 14.0. The number of sulfonamides is 1. The van der Waals surface area contributed by atoms with Gasteiger partial charge in [-0.1, -0.05) is 6.07 Å². The van der Waals surface area contributed by atoms with Crippen molar-refractivity contribution in [3.63, 3.8) is 0 Å². The SMILES string of the molecule is CNC[C@H](OC(=O)c1cc(N=Nc2ccc(S(=O)(=O)Nc3ccccn3)cc2)ccc1O)[C@@H](O)[C@H](O)[C@H](O)CO. The van der Waals surface area contributed by atoms with Crippen LogP contribution in [0.5, 0.6) is 5.75 Å². The molecule has 0 aliphatic carbocycles. The normalized spacial score (nSPS) is 14.8. The Morgan fingerprint density at radius 1 is 1.00 bits per heavy atom. The van der Waals surface area contributed by atoms with Crippen LogP contribution in [0.15, 0.2) is 82.0 Å². The molecule has 14 nitrogen and oxygen atoms in total. The van der Waals surface area contributed by atoms with Crippen molar-refractivity contribution < 1.29 is 43.5 Å². The van der Waals surface area contributed by atoms with Gasteiger partial charge < -0.3 is 35.6 Å². The lowest BCUT2D eigenvalue weighted by atomic mass is 10.0. The van der Waals surface area contributed by atoms with Gasteiger partial charge in [0.2, 0.25) is 0 Å². The summed E-state index contributed by atoms with van der Waals surface area (Å²) in [5.74, 6) is -1.35. The molecule has 0 bridgehead atoms. The molecule has 0 radical (unpaired) electrons. The number of nitrogens with zero attached hydrogens (tertiary/aromatic N) is 3. The molecule has 4 atom stereocenters. The zero-order valence-electron chi connectivity index (χ0n) is 21.2. The Balaban J connectivity index is 1.72. The van der Waals surface area contributed by atoms with Crippen LogP contribution in [0.4, 0.5) is 17.2 Å². The molecule has 0 saturated carbocycles. The van der Waals surface area contributed by atoms with Crippen molar-refractivity contribution in [3.05, 3.63) is 72.4 Å². The zero-order valence-corrected chi connectivity index (χ0v) is 22.0. The van der Waals surface area contributed by atoms with Crippen LogP contribution in [0.2, 0.25) is 0 Å². The molecule has 3 aromatic rings. The average molecular weight is 576 g/mol. The van der Waals surface area contributed by atoms with E-state index in [9.17, 15) is 33.6 Å². The van der Waals surface area contributed by atoms with E-state index in [1.807, 2.05) is 0 Å². The van der Waals surface area contributed by atoms with Gasteiger partial charge in [0, 0.05) is 12.7 Å². The minimum absolute atomic E-state index is 0.0262. The van der Waals surface area contributed by atoms with Crippen molar-refractivity contribution in [2.75, 3.05) is 24.9 Å². The number of aromatic nitrogens is 1. The van der Waals surface area contributed by atoms with Crippen LogP contribution in [0.1, 0.15) is 10.4 Å². The number of hydrogen-bond acceptors (Lipinski definition) is 13. The Labute approximate surface area is 229 Å². The third kappa shape index (κ3) is 8.01. The van der Waals surface area contributed by atoms with Crippen LogP contribution >= 0.6 is 0 Å². The van der Waals surface area contributed by atoms with Crippen LogP contribution in [0, 0.1) is 0 Å². The Morgan fingerprint density at radius 3 is 2.30 bits per heavy atom. The number of carbonyl (C=O) groups is 1. The van der Waals surface area contributed by atoms with Gasteiger partial charge in [0.15, 0.2) is 0 Å². The summed E-state index contributed by atoms with van der Waals surface area (Å²) in [5.41, 5.74) is 0.117. The maximum atomic E-state index is 12.8. The molecule has 3 rings (SSSR count). The number of aliphatic hydroxyl groups is 4. The van der Waals surface area contributed by atoms with Gasteiger partial charge in [0.1, 0.15) is 41.5 Å². The molecule has 1 aromatic heterocycles. The zero-order chi connectivity index (χ0) is 29.3. The summed E-state index contributed by atoms with van der Waals surface area (Å²) in [5, 5.41) is 59.7. The van der Waals surface area contributed by atoms with E-state index in [0.29, 0.717) is 5.69 Å². The van der Waals surface area contributed by atoms with Gasteiger partial charge >= 0.3 is 5.97 Å². The quantitative estimate of drug-likeness (QED) is 0.112. The number of ether oxygens (including phenoxy) is 1. The number of carbonyl (C=O) groups excluding carboxylic acids is 1. The van der Waals surface area contributed by atoms with E-state index in [2.05, 4.69) is 25.3 Å². The number of esters is 1. The van der Waals surface area contributed by atoms with E-state index in [0.717, 1.165) is 0 Å². The number of aliphatic hydroxyl groups excluding tert-OH is 4. The Hall–Kier alpha value is -3.99. The second-order valence-electron chi connectivity index (χ2n) is 8.45. The molecule has 40 heavy (non-hydrogen) atoms. The van der Waals surface area contributed by atoms with Crippen LogP contribution in [-0.4, -0.2) is 89.5 Å². The van der Waals surface area contributed by atoms with E-state index in [1.165, 1.54) is 61.8 Å². The number of pyridine rings is 1. The largest absolute Gasteiger partial charge is 0.507 e. The van der Waals surface area contributed by atoms with Gasteiger partial charge in [0.25, 0.3) is 10.0 Å². The van der Waals surface area contributed by atoms with Gasteiger partial charge in [0.05, 0.1) is 22.9 Å². The van der Waals surface area contributed by atoms with E-state index in [1.54, 1.807) is 12.1 Å². The first kappa shape index (κ1) is 30.6. The minimum atomic E-state index is -3.88. The second-order valence-corrected chi connectivity index (χ2v) is 10.1. The Kier molecular flexibility index (Phi) is 10.6. The lowest BCUT2D eigenvalue weighted by molar-refractivity contribution is -0.116. The highest BCUT2D eigenvalue weighted by Crippen LogP contribution is 2.27. The van der Waals surface area contributed by atoms with Crippen molar-refractivity contribution in [3.8, 4) is 5.75 Å². The molecule has 0 aliphatic rings. The highest BCUT2D eigenvalue weighted by molar-refractivity contribution is 7.92. The number of aromatic hydroxyl groups is 1. The molecule has 0 spiro atoms. The molecule has 0 unspecified atom stereocenters. The maximum absolute atomic E-state index is 12.8. The smallest absolute Gasteiger partial charge is 0.342 e. The van der Waals surface area contributed by atoms with E-state index >= 15 is 0 Å². The van der Waals surface area contributed by atoms with E-state index in [4.69, 9.17) is 9.84 Å². The number of anilines is 1. The fourth-order valence-electron chi connectivity index (χ4n) is 3.37. The lowest BCUT2D eigenvalue weighted by Crippen LogP contribution is -2.50. The van der Waals surface area contributed by atoms with Crippen LogP contribution in [-0.2, 0) is 14.8 Å². The summed E-state index contributed by atoms with van der Waals surface area (Å²) in [7, 11) is -2.38. The summed E-state index contributed by atoms with van der Waals surface area (Å²) >= 11 is 0. The van der Waals surface area contributed by atoms with Crippen molar-refractivity contribution >= 4 is 33.2 Å². The van der Waals surface area contributed by atoms with Gasteiger partial charge in [-0.15, -0.1) is 0 Å². The molecule has 1 heterocycles. The van der Waals surface area contributed by atoms with Gasteiger partial charge in [-0.05, 0) is 61.6 Å². The van der Waals surface area contributed by atoms with Crippen LogP contribution < -0.4 is 10.0 Å². The number of phenolic OH excluding ortho intramolecular Hbond substituents is 1. The first-order valence-electron chi connectivity index (χ1n) is 11.8.